The van der Waals surface area contributed by atoms with E-state index in [4.69, 9.17) is 0 Å². The Morgan fingerprint density at radius 1 is 1.14 bits per heavy atom. The number of rotatable bonds is 6. The first-order chi connectivity index (χ1) is 16.9. The van der Waals surface area contributed by atoms with Gasteiger partial charge < -0.3 is 10.2 Å². The number of carbonyl (C=O) groups excluding carboxylic acids is 1. The van der Waals surface area contributed by atoms with Crippen molar-refractivity contribution >= 4 is 5.91 Å². The summed E-state index contributed by atoms with van der Waals surface area (Å²) in [6, 6.07) is 9.60. The zero-order valence-corrected chi connectivity index (χ0v) is 20.3. The average molecular weight is 471 g/mol. The van der Waals surface area contributed by atoms with Gasteiger partial charge in [0.2, 0.25) is 0 Å². The van der Waals surface area contributed by atoms with Crippen molar-refractivity contribution in [3.05, 3.63) is 95.5 Å². The van der Waals surface area contributed by atoms with Crippen LogP contribution in [0.2, 0.25) is 0 Å². The Kier molecular flexibility index (Phi) is 6.24. The van der Waals surface area contributed by atoms with Gasteiger partial charge in [0.15, 0.2) is 0 Å². The number of piperidine rings is 1. The molecule has 1 saturated heterocycles. The van der Waals surface area contributed by atoms with Crippen LogP contribution in [0.1, 0.15) is 28.3 Å². The Morgan fingerprint density at radius 2 is 1.94 bits per heavy atom. The van der Waals surface area contributed by atoms with Gasteiger partial charge in [0, 0.05) is 42.0 Å². The molecule has 2 aromatic heterocycles. The van der Waals surface area contributed by atoms with Crippen LogP contribution in [-0.2, 0) is 0 Å². The zero-order chi connectivity index (χ0) is 24.7. The summed E-state index contributed by atoms with van der Waals surface area (Å²) in [4.78, 5) is 25.3. The third-order valence-electron chi connectivity index (χ3n) is 7.35. The second-order valence-corrected chi connectivity index (χ2v) is 9.82. The fourth-order valence-electron chi connectivity index (χ4n) is 5.25. The number of carbonyl (C=O) groups is 1. The van der Waals surface area contributed by atoms with Crippen LogP contribution in [0.4, 0.5) is 4.39 Å². The highest BCUT2D eigenvalue weighted by Gasteiger charge is 2.50. The monoisotopic (exact) mass is 470 g/mol. The van der Waals surface area contributed by atoms with Gasteiger partial charge in [-0.3, -0.25) is 9.78 Å². The minimum atomic E-state index is -0.500. The first kappa shape index (κ1) is 23.4. The maximum atomic E-state index is 14.0. The zero-order valence-electron chi connectivity index (χ0n) is 20.3. The van der Waals surface area contributed by atoms with Crippen LogP contribution < -0.4 is 5.32 Å². The largest absolute Gasteiger partial charge is 0.332 e. The molecule has 0 aromatic carbocycles. The molecule has 2 aliphatic carbocycles. The van der Waals surface area contributed by atoms with Crippen molar-refractivity contribution in [1.82, 2.24) is 20.2 Å². The number of alkyl halides is 1. The smallest absolute Gasteiger partial charge is 0.273 e. The van der Waals surface area contributed by atoms with Crippen molar-refractivity contribution in [1.29, 1.82) is 0 Å². The SMILES string of the molecule is C=C1C=C(CF)C=CC1NCC1CC2C(=C)C2CN1C(=O)c1nc(C)ccc1-c1cccc(C)n1. The summed E-state index contributed by atoms with van der Waals surface area (Å²) in [5.41, 5.74) is 6.32. The molecule has 0 spiro atoms. The van der Waals surface area contributed by atoms with Crippen LogP contribution in [0.15, 0.2) is 78.4 Å². The van der Waals surface area contributed by atoms with E-state index in [9.17, 15) is 9.18 Å². The summed E-state index contributed by atoms with van der Waals surface area (Å²) < 4.78 is 13.0. The number of fused-ring (bicyclic) bond motifs is 1. The molecule has 1 amide bonds. The summed E-state index contributed by atoms with van der Waals surface area (Å²) in [5.74, 6) is 0.757. The average Bonchev–Trinajstić information content (AvgIpc) is 3.49. The molecule has 4 atom stereocenters. The van der Waals surface area contributed by atoms with Crippen molar-refractivity contribution in [2.45, 2.75) is 32.4 Å². The Labute approximate surface area is 206 Å². The van der Waals surface area contributed by atoms with Gasteiger partial charge in [-0.05, 0) is 61.6 Å². The van der Waals surface area contributed by atoms with Gasteiger partial charge in [-0.1, -0.05) is 43.0 Å². The number of hydrogen-bond donors (Lipinski definition) is 1. The number of likely N-dealkylation sites (tertiary alicyclic amines) is 1. The molecule has 6 heteroatoms. The van der Waals surface area contributed by atoms with Gasteiger partial charge in [0.25, 0.3) is 5.91 Å². The van der Waals surface area contributed by atoms with E-state index in [1.807, 2.05) is 55.2 Å². The summed E-state index contributed by atoms with van der Waals surface area (Å²) in [7, 11) is 0. The summed E-state index contributed by atoms with van der Waals surface area (Å²) >= 11 is 0. The number of nitrogens with zero attached hydrogens (tertiary/aromatic N) is 3. The predicted molar refractivity (Wildman–Crippen MR) is 137 cm³/mol. The molecule has 5 rings (SSSR count). The maximum Gasteiger partial charge on any atom is 0.273 e. The lowest BCUT2D eigenvalue weighted by Crippen LogP contribution is -2.51. The molecule has 2 fully saturated rings. The van der Waals surface area contributed by atoms with E-state index >= 15 is 0 Å². The van der Waals surface area contributed by atoms with Gasteiger partial charge in [-0.25, -0.2) is 9.37 Å². The fourth-order valence-corrected chi connectivity index (χ4v) is 5.25. The molecule has 3 aliphatic rings. The number of allylic oxidation sites excluding steroid dienone is 2. The van der Waals surface area contributed by atoms with Gasteiger partial charge in [-0.15, -0.1) is 0 Å². The minimum Gasteiger partial charge on any atom is -0.332 e. The van der Waals surface area contributed by atoms with Crippen molar-refractivity contribution in [3.8, 4) is 11.3 Å². The van der Waals surface area contributed by atoms with Crippen LogP contribution in [0, 0.1) is 25.7 Å². The molecule has 2 aromatic rings. The van der Waals surface area contributed by atoms with Gasteiger partial charge >= 0.3 is 0 Å². The number of aromatic nitrogens is 2. The van der Waals surface area contributed by atoms with Crippen molar-refractivity contribution in [3.63, 3.8) is 0 Å². The molecular formula is C29H31FN4O. The fraction of sp³-hybridized carbons (Fsp3) is 0.345. The number of halogens is 1. The lowest BCUT2D eigenvalue weighted by atomic mass is 9.97. The molecule has 1 aliphatic heterocycles. The number of pyridine rings is 2. The van der Waals surface area contributed by atoms with E-state index in [0.29, 0.717) is 36.2 Å². The normalized spacial score (nSPS) is 25.3. The standard InChI is InChI=1S/C29H31FN4O/c1-17-12-21(14-30)9-11-26(17)31-15-22-13-24-20(4)25(24)16-34(22)29(35)28-23(10-8-19(3)33-28)27-7-5-6-18(2)32-27/h5-12,22,24-26,31H,1,4,13-16H2,2-3H3. The molecule has 5 nitrogen and oxygen atoms in total. The first-order valence-corrected chi connectivity index (χ1v) is 12.1. The number of amides is 1. The topological polar surface area (TPSA) is 58.1 Å². The molecule has 35 heavy (non-hydrogen) atoms. The van der Waals surface area contributed by atoms with E-state index in [1.54, 1.807) is 12.2 Å². The number of nitrogens with one attached hydrogen (secondary N) is 1. The first-order valence-electron chi connectivity index (χ1n) is 12.1. The highest BCUT2D eigenvalue weighted by atomic mass is 19.1. The summed E-state index contributed by atoms with van der Waals surface area (Å²) in [6.45, 7) is 12.9. The van der Waals surface area contributed by atoms with Crippen molar-refractivity contribution in [2.75, 3.05) is 19.8 Å². The quantitative estimate of drug-likeness (QED) is 0.619. The third-order valence-corrected chi connectivity index (χ3v) is 7.35. The van der Waals surface area contributed by atoms with E-state index in [1.165, 1.54) is 5.57 Å². The molecule has 1 N–H and O–H groups in total. The molecule has 0 radical (unpaired) electrons. The predicted octanol–water partition coefficient (Wildman–Crippen LogP) is 4.76. The van der Waals surface area contributed by atoms with Crippen LogP contribution >= 0.6 is 0 Å². The Morgan fingerprint density at radius 3 is 2.69 bits per heavy atom. The van der Waals surface area contributed by atoms with Crippen LogP contribution in [0.5, 0.6) is 0 Å². The molecular weight excluding hydrogens is 439 g/mol. The Balaban J connectivity index is 1.40. The third kappa shape index (κ3) is 4.63. The van der Waals surface area contributed by atoms with E-state index < -0.39 is 6.67 Å². The Bertz CT molecular complexity index is 1260. The lowest BCUT2D eigenvalue weighted by molar-refractivity contribution is 0.0593. The maximum absolute atomic E-state index is 14.0. The molecule has 3 heterocycles. The Hall–Kier alpha value is -3.38. The second-order valence-electron chi connectivity index (χ2n) is 9.82. The number of aryl methyl sites for hydroxylation is 2. The number of hydrogen-bond acceptors (Lipinski definition) is 4. The summed E-state index contributed by atoms with van der Waals surface area (Å²) in [6.07, 6.45) is 6.40. The van der Waals surface area contributed by atoms with Gasteiger partial charge in [0.1, 0.15) is 12.4 Å². The minimum absolute atomic E-state index is 0.00335. The second kappa shape index (κ2) is 9.34. The van der Waals surface area contributed by atoms with Gasteiger partial charge in [-0.2, -0.15) is 0 Å². The van der Waals surface area contributed by atoms with Crippen LogP contribution in [0.3, 0.4) is 0 Å². The molecule has 4 unspecified atom stereocenters. The van der Waals surface area contributed by atoms with Crippen molar-refractivity contribution in [2.24, 2.45) is 11.8 Å². The summed E-state index contributed by atoms with van der Waals surface area (Å²) in [5, 5.41) is 3.53. The highest BCUT2D eigenvalue weighted by molar-refractivity contribution is 5.99. The van der Waals surface area contributed by atoms with Crippen LogP contribution in [-0.4, -0.2) is 52.6 Å². The van der Waals surface area contributed by atoms with E-state index in [-0.39, 0.29) is 18.0 Å². The highest BCUT2D eigenvalue weighted by Crippen LogP contribution is 2.51. The molecule has 1 saturated carbocycles. The van der Waals surface area contributed by atoms with E-state index in [2.05, 4.69) is 28.4 Å². The van der Waals surface area contributed by atoms with Crippen LogP contribution in [0.25, 0.3) is 11.3 Å². The molecule has 0 bridgehead atoms. The van der Waals surface area contributed by atoms with Gasteiger partial charge in [0.05, 0.1) is 11.7 Å². The van der Waals surface area contributed by atoms with Crippen molar-refractivity contribution < 1.29 is 9.18 Å². The lowest BCUT2D eigenvalue weighted by Gasteiger charge is -2.36. The molecule has 180 valence electrons. The van der Waals surface area contributed by atoms with E-state index in [0.717, 1.165) is 34.6 Å².